The number of hydrogen-bond acceptors (Lipinski definition) is 4. The summed E-state index contributed by atoms with van der Waals surface area (Å²) in [5.41, 5.74) is 3.60. The number of rotatable bonds is 6. The molecular weight excluding hydrogens is 473 g/mol. The summed E-state index contributed by atoms with van der Waals surface area (Å²) < 4.78 is 13.1. The van der Waals surface area contributed by atoms with Crippen molar-refractivity contribution >= 4 is 45.8 Å². The highest BCUT2D eigenvalue weighted by Crippen LogP contribution is 2.39. The van der Waals surface area contributed by atoms with Crippen LogP contribution in [0.5, 0.6) is 11.5 Å². The van der Waals surface area contributed by atoms with Crippen LogP contribution < -0.4 is 14.4 Å². The minimum Gasteiger partial charge on any atom is -0.497 e. The summed E-state index contributed by atoms with van der Waals surface area (Å²) in [6, 6.07) is 19.1. The van der Waals surface area contributed by atoms with Gasteiger partial charge in [0.1, 0.15) is 17.3 Å². The fraction of sp³-hybridized carbons (Fsp3) is 0.231. The molecule has 0 spiro atoms. The van der Waals surface area contributed by atoms with E-state index in [1.807, 2.05) is 54.6 Å². The van der Waals surface area contributed by atoms with Crippen molar-refractivity contribution < 1.29 is 14.3 Å². The Hall–Kier alpha value is -3.22. The van der Waals surface area contributed by atoms with Crippen LogP contribution in [0.1, 0.15) is 23.7 Å². The molecule has 0 bridgehead atoms. The molecule has 5 rings (SSSR count). The number of amides is 1. The first kappa shape index (κ1) is 22.6. The van der Waals surface area contributed by atoms with Gasteiger partial charge < -0.3 is 18.9 Å². The molecule has 0 radical (unpaired) electrons. The topological polar surface area (TPSA) is 56.6 Å². The van der Waals surface area contributed by atoms with Crippen molar-refractivity contribution in [2.75, 3.05) is 25.7 Å². The van der Waals surface area contributed by atoms with Gasteiger partial charge in [-0.2, -0.15) is 0 Å². The molecular formula is C26H23Cl2N3O3. The zero-order valence-corrected chi connectivity index (χ0v) is 20.3. The maximum absolute atomic E-state index is 13.2. The van der Waals surface area contributed by atoms with Crippen LogP contribution in [0.4, 0.5) is 5.69 Å². The van der Waals surface area contributed by atoms with Crippen LogP contribution in [0.2, 0.25) is 10.0 Å². The van der Waals surface area contributed by atoms with E-state index in [4.69, 9.17) is 37.7 Å². The second kappa shape index (κ2) is 9.20. The number of carbonyl (C=O) groups excluding carboxylic acids is 1. The van der Waals surface area contributed by atoms with Crippen molar-refractivity contribution in [2.24, 2.45) is 0 Å². The second-order valence-electron chi connectivity index (χ2n) is 8.24. The number of methoxy groups -OCH3 is 2. The van der Waals surface area contributed by atoms with Crippen LogP contribution in [0, 0.1) is 0 Å². The van der Waals surface area contributed by atoms with Crippen LogP contribution in [-0.2, 0) is 11.3 Å². The Morgan fingerprint density at radius 3 is 2.59 bits per heavy atom. The van der Waals surface area contributed by atoms with E-state index >= 15 is 0 Å². The fourth-order valence-corrected chi connectivity index (χ4v) is 4.83. The normalized spacial score (nSPS) is 15.8. The first-order chi connectivity index (χ1) is 16.5. The largest absolute Gasteiger partial charge is 0.497 e. The third-order valence-electron chi connectivity index (χ3n) is 6.18. The number of fused-ring (bicyclic) bond motifs is 1. The van der Waals surface area contributed by atoms with Gasteiger partial charge in [0.2, 0.25) is 5.91 Å². The van der Waals surface area contributed by atoms with Crippen LogP contribution >= 0.6 is 23.2 Å². The number of carbonyl (C=O) groups is 1. The zero-order chi connectivity index (χ0) is 23.8. The molecule has 1 saturated heterocycles. The molecule has 6 nitrogen and oxygen atoms in total. The van der Waals surface area contributed by atoms with Gasteiger partial charge in [-0.05, 0) is 42.0 Å². The van der Waals surface area contributed by atoms with Crippen molar-refractivity contribution in [1.29, 1.82) is 0 Å². The smallest absolute Gasteiger partial charge is 0.227 e. The van der Waals surface area contributed by atoms with Crippen molar-refractivity contribution in [3.63, 3.8) is 0 Å². The molecule has 1 fully saturated rings. The van der Waals surface area contributed by atoms with Crippen LogP contribution in [0.3, 0.4) is 0 Å². The summed E-state index contributed by atoms with van der Waals surface area (Å²) in [5, 5.41) is 1.03. The number of imidazole rings is 1. The molecule has 8 heteroatoms. The third kappa shape index (κ3) is 4.08. The lowest BCUT2D eigenvalue weighted by Crippen LogP contribution is -2.25. The number of aromatic nitrogens is 2. The minimum absolute atomic E-state index is 0.0182. The molecule has 0 saturated carbocycles. The zero-order valence-electron chi connectivity index (χ0n) is 18.8. The summed E-state index contributed by atoms with van der Waals surface area (Å²) in [6.45, 7) is 1.06. The molecule has 1 aliphatic heterocycles. The Morgan fingerprint density at radius 2 is 1.82 bits per heavy atom. The molecule has 1 aromatic heterocycles. The van der Waals surface area contributed by atoms with Crippen molar-refractivity contribution in [2.45, 2.75) is 18.9 Å². The number of halogens is 2. The molecule has 0 aliphatic carbocycles. The molecule has 1 unspecified atom stereocenters. The molecule has 1 amide bonds. The lowest BCUT2D eigenvalue weighted by molar-refractivity contribution is -0.117. The Balaban J connectivity index is 1.53. The lowest BCUT2D eigenvalue weighted by Gasteiger charge is -2.20. The Morgan fingerprint density at radius 1 is 1.00 bits per heavy atom. The predicted molar refractivity (Wildman–Crippen MR) is 135 cm³/mol. The highest BCUT2D eigenvalue weighted by molar-refractivity contribution is 6.42. The van der Waals surface area contributed by atoms with E-state index in [0.29, 0.717) is 46.7 Å². The number of anilines is 1. The summed E-state index contributed by atoms with van der Waals surface area (Å²) in [4.78, 5) is 19.9. The predicted octanol–water partition coefficient (Wildman–Crippen LogP) is 5.93. The molecule has 1 atom stereocenters. The van der Waals surface area contributed by atoms with Gasteiger partial charge in [0.15, 0.2) is 0 Å². The number of ether oxygens (including phenoxy) is 2. The SMILES string of the molecule is COc1ccc(OC)c(N2CC(c3nc4ccccc4n3Cc3ccc(Cl)c(Cl)c3)CC2=O)c1. The molecule has 2 heterocycles. The first-order valence-corrected chi connectivity index (χ1v) is 11.7. The van der Waals surface area contributed by atoms with E-state index in [0.717, 1.165) is 22.4 Å². The summed E-state index contributed by atoms with van der Waals surface area (Å²) in [5.74, 6) is 2.09. The summed E-state index contributed by atoms with van der Waals surface area (Å²) >= 11 is 12.4. The average molecular weight is 496 g/mol. The number of nitrogens with zero attached hydrogens (tertiary/aromatic N) is 3. The first-order valence-electron chi connectivity index (χ1n) is 10.9. The molecule has 1 aliphatic rings. The van der Waals surface area contributed by atoms with Crippen LogP contribution in [0.15, 0.2) is 60.7 Å². The van der Waals surface area contributed by atoms with Crippen molar-refractivity contribution in [1.82, 2.24) is 9.55 Å². The fourth-order valence-electron chi connectivity index (χ4n) is 4.51. The highest BCUT2D eigenvalue weighted by Gasteiger charge is 2.36. The van der Waals surface area contributed by atoms with E-state index in [9.17, 15) is 4.79 Å². The second-order valence-corrected chi connectivity index (χ2v) is 9.05. The maximum atomic E-state index is 13.2. The van der Waals surface area contributed by atoms with Crippen LogP contribution in [-0.4, -0.2) is 36.2 Å². The quantitative estimate of drug-likeness (QED) is 0.332. The number of hydrogen-bond donors (Lipinski definition) is 0. The van der Waals surface area contributed by atoms with E-state index in [1.54, 1.807) is 25.2 Å². The lowest BCUT2D eigenvalue weighted by atomic mass is 10.1. The van der Waals surface area contributed by atoms with Gasteiger partial charge in [0, 0.05) is 31.5 Å². The minimum atomic E-state index is -0.0846. The van der Waals surface area contributed by atoms with Gasteiger partial charge in [0.25, 0.3) is 0 Å². The monoisotopic (exact) mass is 495 g/mol. The van der Waals surface area contributed by atoms with E-state index < -0.39 is 0 Å². The Kier molecular flexibility index (Phi) is 6.11. The Bertz CT molecular complexity index is 1390. The average Bonchev–Trinajstić information content (AvgIpc) is 3.41. The van der Waals surface area contributed by atoms with E-state index in [2.05, 4.69) is 4.57 Å². The highest BCUT2D eigenvalue weighted by atomic mass is 35.5. The molecule has 174 valence electrons. The van der Waals surface area contributed by atoms with E-state index in [-0.39, 0.29) is 11.8 Å². The number of benzene rings is 3. The molecule has 3 aromatic carbocycles. The van der Waals surface area contributed by atoms with E-state index in [1.165, 1.54) is 0 Å². The summed E-state index contributed by atoms with van der Waals surface area (Å²) in [6.07, 6.45) is 0.352. The van der Waals surface area contributed by atoms with Gasteiger partial charge in [-0.15, -0.1) is 0 Å². The van der Waals surface area contributed by atoms with Gasteiger partial charge in [-0.3, -0.25) is 4.79 Å². The summed E-state index contributed by atoms with van der Waals surface area (Å²) in [7, 11) is 3.20. The third-order valence-corrected chi connectivity index (χ3v) is 6.91. The van der Waals surface area contributed by atoms with Gasteiger partial charge in [-0.1, -0.05) is 41.4 Å². The molecule has 0 N–H and O–H groups in total. The van der Waals surface area contributed by atoms with Gasteiger partial charge in [-0.25, -0.2) is 4.98 Å². The van der Waals surface area contributed by atoms with Gasteiger partial charge >= 0.3 is 0 Å². The van der Waals surface area contributed by atoms with Crippen LogP contribution in [0.25, 0.3) is 11.0 Å². The van der Waals surface area contributed by atoms with Crippen molar-refractivity contribution in [3.05, 3.63) is 82.1 Å². The molecule has 4 aromatic rings. The van der Waals surface area contributed by atoms with Crippen molar-refractivity contribution in [3.8, 4) is 11.5 Å². The van der Waals surface area contributed by atoms with Gasteiger partial charge in [0.05, 0.1) is 41.0 Å². The molecule has 34 heavy (non-hydrogen) atoms. The number of para-hydroxylation sites is 2. The maximum Gasteiger partial charge on any atom is 0.227 e. The standard InChI is InChI=1S/C26H23Cl2N3O3/c1-33-18-8-10-24(34-2)23(13-18)30-15-17(12-25(30)32)26-29-21-5-3-4-6-22(21)31(26)14-16-7-9-19(27)20(28)11-16/h3-11,13,17H,12,14-15H2,1-2H3. The Labute approximate surface area is 207 Å².